The van der Waals surface area contributed by atoms with Crippen LogP contribution in [-0.4, -0.2) is 30.4 Å². The summed E-state index contributed by atoms with van der Waals surface area (Å²) in [5.74, 6) is 0.913. The van der Waals surface area contributed by atoms with Crippen molar-refractivity contribution in [3.05, 3.63) is 0 Å². The quantitative estimate of drug-likeness (QED) is 0.608. The fraction of sp³-hybridized carbons (Fsp3) is 0.889. The molecule has 0 aromatic rings. The third-order valence-electron chi connectivity index (χ3n) is 3.47. The van der Waals surface area contributed by atoms with Crippen molar-refractivity contribution in [2.75, 3.05) is 19.6 Å². The minimum atomic E-state index is 0.217. The van der Waals surface area contributed by atoms with Crippen molar-refractivity contribution in [2.24, 2.45) is 17.1 Å². The summed E-state index contributed by atoms with van der Waals surface area (Å²) in [6, 6.07) is 0. The van der Waals surface area contributed by atoms with Gasteiger partial charge in [-0.2, -0.15) is 0 Å². The van der Waals surface area contributed by atoms with Crippen LogP contribution in [0.1, 0.15) is 19.8 Å². The van der Waals surface area contributed by atoms with Gasteiger partial charge in [0.1, 0.15) is 0 Å². The van der Waals surface area contributed by atoms with Crippen LogP contribution in [-0.2, 0) is 4.79 Å². The number of nitrogens with zero attached hydrogens (tertiary/aromatic N) is 1. The molecule has 2 N–H and O–H groups in total. The lowest BCUT2D eigenvalue weighted by Gasteiger charge is -2.13. The molecule has 2 fully saturated rings. The van der Waals surface area contributed by atoms with E-state index in [0.717, 1.165) is 19.6 Å². The Bertz CT molecular complexity index is 217. The first kappa shape index (κ1) is 8.05. The number of nitrogens with two attached hydrogens (primary N) is 1. The van der Waals surface area contributed by atoms with Crippen LogP contribution in [0.5, 0.6) is 0 Å². The van der Waals surface area contributed by atoms with E-state index < -0.39 is 0 Å². The number of carbonyl (C=O) groups excluding carboxylic acids is 1. The molecule has 1 aliphatic carbocycles. The molecule has 3 nitrogen and oxygen atoms in total. The number of amides is 1. The van der Waals surface area contributed by atoms with Gasteiger partial charge in [-0.05, 0) is 30.7 Å². The molecule has 2 rings (SSSR count). The maximum absolute atomic E-state index is 11.1. The molecule has 0 aromatic heterocycles. The summed E-state index contributed by atoms with van der Waals surface area (Å²) in [6.45, 7) is 4.36. The Morgan fingerprint density at radius 1 is 1.75 bits per heavy atom. The Morgan fingerprint density at radius 2 is 2.50 bits per heavy atom. The Morgan fingerprint density at radius 3 is 2.92 bits per heavy atom. The second kappa shape index (κ2) is 2.46. The lowest BCUT2D eigenvalue weighted by atomic mass is 10.0. The summed E-state index contributed by atoms with van der Waals surface area (Å²) in [5, 5.41) is 0. The van der Waals surface area contributed by atoms with Crippen LogP contribution in [0, 0.1) is 11.3 Å². The Labute approximate surface area is 72.9 Å². The average Bonchev–Trinajstić information content (AvgIpc) is 2.50. The van der Waals surface area contributed by atoms with E-state index in [1.54, 1.807) is 6.92 Å². The van der Waals surface area contributed by atoms with Gasteiger partial charge in [-0.25, -0.2) is 0 Å². The summed E-state index contributed by atoms with van der Waals surface area (Å²) < 4.78 is 0. The van der Waals surface area contributed by atoms with Gasteiger partial charge in [0, 0.05) is 20.0 Å². The van der Waals surface area contributed by atoms with E-state index in [9.17, 15) is 4.79 Å². The molecular formula is C9H16N2O. The minimum Gasteiger partial charge on any atom is -0.342 e. The molecule has 1 saturated carbocycles. The number of carbonyl (C=O) groups is 1. The van der Waals surface area contributed by atoms with Crippen LogP contribution in [0.4, 0.5) is 0 Å². The molecule has 3 heteroatoms. The standard InChI is InChI=1S/C9H16N2O/c1-7(12)11-3-2-9(6-11)4-8(9)5-10/h8H,2-6,10H2,1H3. The van der Waals surface area contributed by atoms with E-state index in [-0.39, 0.29) is 5.91 Å². The average molecular weight is 168 g/mol. The monoisotopic (exact) mass is 168 g/mol. The smallest absolute Gasteiger partial charge is 0.219 e. The van der Waals surface area contributed by atoms with Crippen molar-refractivity contribution in [1.82, 2.24) is 4.90 Å². The summed E-state index contributed by atoms with van der Waals surface area (Å²) in [4.78, 5) is 13.0. The maximum atomic E-state index is 11.1. The van der Waals surface area contributed by atoms with Crippen molar-refractivity contribution < 1.29 is 4.79 Å². The van der Waals surface area contributed by atoms with E-state index >= 15 is 0 Å². The lowest BCUT2D eigenvalue weighted by molar-refractivity contribution is -0.128. The van der Waals surface area contributed by atoms with Crippen LogP contribution in [0.3, 0.4) is 0 Å². The van der Waals surface area contributed by atoms with Gasteiger partial charge in [0.25, 0.3) is 0 Å². The first-order valence-corrected chi connectivity index (χ1v) is 4.63. The first-order valence-electron chi connectivity index (χ1n) is 4.63. The highest BCUT2D eigenvalue weighted by molar-refractivity contribution is 5.73. The first-order chi connectivity index (χ1) is 5.68. The Hall–Kier alpha value is -0.570. The maximum Gasteiger partial charge on any atom is 0.219 e. The highest BCUT2D eigenvalue weighted by Gasteiger charge is 2.56. The van der Waals surface area contributed by atoms with Gasteiger partial charge in [-0.15, -0.1) is 0 Å². The van der Waals surface area contributed by atoms with Crippen molar-refractivity contribution in [3.63, 3.8) is 0 Å². The van der Waals surface area contributed by atoms with Gasteiger partial charge < -0.3 is 10.6 Å². The highest BCUT2D eigenvalue weighted by Crippen LogP contribution is 2.57. The summed E-state index contributed by atoms with van der Waals surface area (Å²) >= 11 is 0. The van der Waals surface area contributed by atoms with Crippen LogP contribution < -0.4 is 5.73 Å². The molecular weight excluding hydrogens is 152 g/mol. The molecule has 12 heavy (non-hydrogen) atoms. The fourth-order valence-electron chi connectivity index (χ4n) is 2.43. The molecule has 1 aliphatic heterocycles. The van der Waals surface area contributed by atoms with Crippen molar-refractivity contribution >= 4 is 5.91 Å². The summed E-state index contributed by atoms with van der Waals surface area (Å²) in [7, 11) is 0. The predicted molar refractivity (Wildman–Crippen MR) is 46.5 cm³/mol. The third-order valence-corrected chi connectivity index (χ3v) is 3.47. The molecule has 2 aliphatic rings. The minimum absolute atomic E-state index is 0.217. The van der Waals surface area contributed by atoms with Gasteiger partial charge in [0.2, 0.25) is 5.91 Å². The van der Waals surface area contributed by atoms with Gasteiger partial charge in [0.15, 0.2) is 0 Å². The van der Waals surface area contributed by atoms with E-state index in [1.165, 1.54) is 12.8 Å². The van der Waals surface area contributed by atoms with Gasteiger partial charge in [0.05, 0.1) is 0 Å². The molecule has 0 aromatic carbocycles. The van der Waals surface area contributed by atoms with Gasteiger partial charge >= 0.3 is 0 Å². The normalized spacial score (nSPS) is 39.2. The van der Waals surface area contributed by atoms with E-state index in [2.05, 4.69) is 0 Å². The number of hydrogen-bond donors (Lipinski definition) is 1. The van der Waals surface area contributed by atoms with Gasteiger partial charge in [-0.3, -0.25) is 4.79 Å². The van der Waals surface area contributed by atoms with Crippen LogP contribution in [0.25, 0.3) is 0 Å². The molecule has 2 unspecified atom stereocenters. The molecule has 68 valence electrons. The Kier molecular flexibility index (Phi) is 1.65. The molecule has 1 heterocycles. The zero-order valence-electron chi connectivity index (χ0n) is 7.55. The molecule has 1 spiro atoms. The van der Waals surface area contributed by atoms with E-state index in [4.69, 9.17) is 5.73 Å². The highest BCUT2D eigenvalue weighted by atomic mass is 16.2. The number of rotatable bonds is 1. The second-order valence-electron chi connectivity index (χ2n) is 4.19. The number of likely N-dealkylation sites (tertiary alicyclic amines) is 1. The van der Waals surface area contributed by atoms with Crippen LogP contribution in [0.2, 0.25) is 0 Å². The second-order valence-corrected chi connectivity index (χ2v) is 4.19. The largest absolute Gasteiger partial charge is 0.342 e. The van der Waals surface area contributed by atoms with Crippen molar-refractivity contribution in [3.8, 4) is 0 Å². The molecule has 2 atom stereocenters. The van der Waals surface area contributed by atoms with E-state index in [1.807, 2.05) is 4.90 Å². The summed E-state index contributed by atoms with van der Waals surface area (Å²) in [6.07, 6.45) is 2.42. The van der Waals surface area contributed by atoms with Gasteiger partial charge in [-0.1, -0.05) is 0 Å². The number of hydrogen-bond acceptors (Lipinski definition) is 2. The lowest BCUT2D eigenvalue weighted by Crippen LogP contribution is -2.26. The predicted octanol–water partition coefficient (Wildman–Crippen LogP) is 0.204. The molecule has 1 saturated heterocycles. The zero-order chi connectivity index (χ0) is 8.77. The fourth-order valence-corrected chi connectivity index (χ4v) is 2.43. The Balaban J connectivity index is 1.96. The van der Waals surface area contributed by atoms with Crippen LogP contribution >= 0.6 is 0 Å². The van der Waals surface area contributed by atoms with E-state index in [0.29, 0.717) is 11.3 Å². The van der Waals surface area contributed by atoms with Crippen molar-refractivity contribution in [2.45, 2.75) is 19.8 Å². The third kappa shape index (κ3) is 1.04. The summed E-state index contributed by atoms with van der Waals surface area (Å²) in [5.41, 5.74) is 6.05. The van der Waals surface area contributed by atoms with Crippen LogP contribution in [0.15, 0.2) is 0 Å². The topological polar surface area (TPSA) is 46.3 Å². The molecule has 1 amide bonds. The molecule has 0 radical (unpaired) electrons. The zero-order valence-corrected chi connectivity index (χ0v) is 7.55. The molecule has 0 bridgehead atoms. The van der Waals surface area contributed by atoms with Crippen molar-refractivity contribution in [1.29, 1.82) is 0 Å². The SMILES string of the molecule is CC(=O)N1CCC2(CC2CN)C1.